The number of hydrogen-bond donors (Lipinski definition) is 1. The molecule has 0 saturated heterocycles. The first-order valence-corrected chi connectivity index (χ1v) is 6.16. The van der Waals surface area contributed by atoms with Gasteiger partial charge in [0.25, 0.3) is 0 Å². The Kier molecular flexibility index (Phi) is 3.90. The normalized spacial score (nSPS) is 10.2. The van der Waals surface area contributed by atoms with Crippen LogP contribution >= 0.6 is 23.2 Å². The third-order valence-corrected chi connectivity index (χ3v) is 3.15. The van der Waals surface area contributed by atoms with Crippen LogP contribution in [0.15, 0.2) is 43.1 Å². The highest BCUT2D eigenvalue weighted by molar-refractivity contribution is 6.30. The Labute approximate surface area is 116 Å². The summed E-state index contributed by atoms with van der Waals surface area (Å²) >= 11 is 11.7. The van der Waals surface area contributed by atoms with Gasteiger partial charge in [0.05, 0.1) is 0 Å². The van der Waals surface area contributed by atoms with Crippen LogP contribution in [0, 0.1) is 6.92 Å². The van der Waals surface area contributed by atoms with E-state index < -0.39 is 0 Å². The number of anilines is 1. The molecule has 1 aromatic heterocycles. The lowest BCUT2D eigenvalue weighted by Crippen LogP contribution is -1.98. The van der Waals surface area contributed by atoms with E-state index in [1.54, 1.807) is 6.20 Å². The molecule has 0 aliphatic heterocycles. The molecule has 0 spiro atoms. The molecule has 0 radical (unpaired) electrons. The summed E-state index contributed by atoms with van der Waals surface area (Å²) in [6, 6.07) is 9.37. The van der Waals surface area contributed by atoms with Gasteiger partial charge in [-0.3, -0.25) is 0 Å². The van der Waals surface area contributed by atoms with Crippen molar-refractivity contribution in [2.24, 2.45) is 0 Å². The second kappa shape index (κ2) is 5.42. The van der Waals surface area contributed by atoms with Crippen molar-refractivity contribution in [3.05, 3.63) is 64.4 Å². The standard InChI is InChI=1S/C14H12Cl2N2/c1-9-7-11(8-17-14(9)16)10(2)18-13-5-3-12(15)4-6-13/h3-8,18H,2H2,1H3. The van der Waals surface area contributed by atoms with Gasteiger partial charge in [0, 0.05) is 28.2 Å². The van der Waals surface area contributed by atoms with Crippen LogP contribution in [-0.4, -0.2) is 4.98 Å². The van der Waals surface area contributed by atoms with E-state index in [-0.39, 0.29) is 0 Å². The van der Waals surface area contributed by atoms with Crippen LogP contribution in [0.25, 0.3) is 5.70 Å². The lowest BCUT2D eigenvalue weighted by molar-refractivity contribution is 1.25. The molecule has 0 aliphatic carbocycles. The van der Waals surface area contributed by atoms with Crippen molar-refractivity contribution in [2.75, 3.05) is 5.32 Å². The average Bonchev–Trinajstić information content (AvgIpc) is 2.35. The molecule has 0 bridgehead atoms. The van der Waals surface area contributed by atoms with Crippen LogP contribution in [0.1, 0.15) is 11.1 Å². The van der Waals surface area contributed by atoms with Crippen LogP contribution in [0.3, 0.4) is 0 Å². The molecular formula is C14H12Cl2N2. The molecule has 18 heavy (non-hydrogen) atoms. The van der Waals surface area contributed by atoms with Crippen LogP contribution in [-0.2, 0) is 0 Å². The smallest absolute Gasteiger partial charge is 0.131 e. The summed E-state index contributed by atoms with van der Waals surface area (Å²) < 4.78 is 0. The van der Waals surface area contributed by atoms with Gasteiger partial charge in [-0.25, -0.2) is 4.98 Å². The molecular weight excluding hydrogens is 267 g/mol. The van der Waals surface area contributed by atoms with E-state index >= 15 is 0 Å². The largest absolute Gasteiger partial charge is 0.355 e. The van der Waals surface area contributed by atoms with Gasteiger partial charge in [-0.05, 0) is 42.8 Å². The Morgan fingerprint density at radius 1 is 1.22 bits per heavy atom. The van der Waals surface area contributed by atoms with Gasteiger partial charge >= 0.3 is 0 Å². The fraction of sp³-hybridized carbons (Fsp3) is 0.0714. The molecule has 92 valence electrons. The van der Waals surface area contributed by atoms with E-state index in [2.05, 4.69) is 16.9 Å². The topological polar surface area (TPSA) is 24.9 Å². The molecule has 4 heteroatoms. The molecule has 0 saturated carbocycles. The number of nitrogens with zero attached hydrogens (tertiary/aromatic N) is 1. The maximum atomic E-state index is 5.89. The van der Waals surface area contributed by atoms with Crippen LogP contribution < -0.4 is 5.32 Å². The van der Waals surface area contributed by atoms with E-state index in [1.165, 1.54) is 0 Å². The minimum absolute atomic E-state index is 0.512. The summed E-state index contributed by atoms with van der Waals surface area (Å²) in [5.74, 6) is 0. The maximum absolute atomic E-state index is 5.89. The summed E-state index contributed by atoms with van der Waals surface area (Å²) in [5, 5.41) is 4.41. The second-order valence-electron chi connectivity index (χ2n) is 3.94. The minimum atomic E-state index is 0.512. The molecule has 2 nitrogen and oxygen atoms in total. The van der Waals surface area contributed by atoms with E-state index in [0.29, 0.717) is 10.2 Å². The van der Waals surface area contributed by atoms with Crippen molar-refractivity contribution in [1.82, 2.24) is 4.98 Å². The Morgan fingerprint density at radius 2 is 1.89 bits per heavy atom. The van der Waals surface area contributed by atoms with Crippen molar-refractivity contribution in [3.8, 4) is 0 Å². The molecule has 0 atom stereocenters. The molecule has 0 amide bonds. The monoisotopic (exact) mass is 278 g/mol. The molecule has 2 aromatic rings. The van der Waals surface area contributed by atoms with E-state index in [4.69, 9.17) is 23.2 Å². The van der Waals surface area contributed by atoms with Crippen molar-refractivity contribution in [3.63, 3.8) is 0 Å². The number of hydrogen-bond acceptors (Lipinski definition) is 2. The number of aryl methyl sites for hydroxylation is 1. The van der Waals surface area contributed by atoms with Gasteiger partial charge in [-0.1, -0.05) is 29.8 Å². The van der Waals surface area contributed by atoms with Gasteiger partial charge in [0.15, 0.2) is 0 Å². The molecule has 2 rings (SSSR count). The number of nitrogens with one attached hydrogen (secondary N) is 1. The zero-order valence-corrected chi connectivity index (χ0v) is 11.4. The molecule has 1 N–H and O–H groups in total. The third kappa shape index (κ3) is 3.03. The van der Waals surface area contributed by atoms with E-state index in [0.717, 1.165) is 22.5 Å². The zero-order valence-electron chi connectivity index (χ0n) is 9.87. The predicted octanol–water partition coefficient (Wildman–Crippen LogP) is 4.78. The number of rotatable bonds is 3. The fourth-order valence-electron chi connectivity index (χ4n) is 1.50. The van der Waals surface area contributed by atoms with E-state index in [1.807, 2.05) is 37.3 Å². The van der Waals surface area contributed by atoms with E-state index in [9.17, 15) is 0 Å². The summed E-state index contributed by atoms with van der Waals surface area (Å²) in [6.45, 7) is 5.90. The highest BCUT2D eigenvalue weighted by Crippen LogP contribution is 2.21. The predicted molar refractivity (Wildman–Crippen MR) is 78.1 cm³/mol. The number of aromatic nitrogens is 1. The number of pyridine rings is 1. The zero-order chi connectivity index (χ0) is 13.1. The van der Waals surface area contributed by atoms with Gasteiger partial charge in [-0.15, -0.1) is 0 Å². The third-order valence-electron chi connectivity index (χ3n) is 2.50. The molecule has 1 aromatic carbocycles. The molecule has 1 heterocycles. The second-order valence-corrected chi connectivity index (χ2v) is 4.74. The lowest BCUT2D eigenvalue weighted by Gasteiger charge is -2.10. The SMILES string of the molecule is C=C(Nc1ccc(Cl)cc1)c1cnc(Cl)c(C)c1. The Bertz CT molecular complexity index is 577. The summed E-state index contributed by atoms with van der Waals surface area (Å²) in [4.78, 5) is 4.10. The van der Waals surface area contributed by atoms with Crippen LogP contribution in [0.2, 0.25) is 10.2 Å². The molecule has 0 fully saturated rings. The quantitative estimate of drug-likeness (QED) is 0.818. The van der Waals surface area contributed by atoms with Crippen molar-refractivity contribution < 1.29 is 0 Å². The number of halogens is 2. The van der Waals surface area contributed by atoms with Gasteiger partial charge in [-0.2, -0.15) is 0 Å². The first-order chi connectivity index (χ1) is 8.56. The van der Waals surface area contributed by atoms with Crippen molar-refractivity contribution in [1.29, 1.82) is 0 Å². The lowest BCUT2D eigenvalue weighted by atomic mass is 10.1. The summed E-state index contributed by atoms with van der Waals surface area (Å²) in [7, 11) is 0. The first kappa shape index (κ1) is 12.9. The Hall–Kier alpha value is -1.51. The highest BCUT2D eigenvalue weighted by atomic mass is 35.5. The van der Waals surface area contributed by atoms with Gasteiger partial charge in [0.2, 0.25) is 0 Å². The Morgan fingerprint density at radius 3 is 2.50 bits per heavy atom. The minimum Gasteiger partial charge on any atom is -0.355 e. The summed E-state index contributed by atoms with van der Waals surface area (Å²) in [6.07, 6.45) is 1.70. The molecule has 0 unspecified atom stereocenters. The van der Waals surface area contributed by atoms with Crippen LogP contribution in [0.5, 0.6) is 0 Å². The summed E-state index contributed by atoms with van der Waals surface area (Å²) in [5.41, 5.74) is 3.53. The van der Waals surface area contributed by atoms with Gasteiger partial charge < -0.3 is 5.32 Å². The molecule has 0 aliphatic rings. The Balaban J connectivity index is 2.16. The first-order valence-electron chi connectivity index (χ1n) is 5.40. The van der Waals surface area contributed by atoms with Gasteiger partial charge in [0.1, 0.15) is 5.15 Å². The fourth-order valence-corrected chi connectivity index (χ4v) is 1.73. The van der Waals surface area contributed by atoms with Crippen molar-refractivity contribution >= 4 is 34.6 Å². The maximum Gasteiger partial charge on any atom is 0.131 e. The van der Waals surface area contributed by atoms with Crippen molar-refractivity contribution in [2.45, 2.75) is 6.92 Å². The number of benzene rings is 1. The highest BCUT2D eigenvalue weighted by Gasteiger charge is 2.03. The average molecular weight is 279 g/mol. The van der Waals surface area contributed by atoms with Crippen LogP contribution in [0.4, 0.5) is 5.69 Å².